The molecular formula is C24H33N5O3. The van der Waals surface area contributed by atoms with E-state index in [2.05, 4.69) is 48.4 Å². The molecule has 0 radical (unpaired) electrons. The second-order valence-electron chi connectivity index (χ2n) is 8.65. The molecule has 0 spiro atoms. The summed E-state index contributed by atoms with van der Waals surface area (Å²) in [6.45, 7) is 12.2. The third-order valence-electron chi connectivity index (χ3n) is 4.71. The van der Waals surface area contributed by atoms with Crippen LogP contribution in [0.3, 0.4) is 0 Å². The second kappa shape index (κ2) is 11.8. The highest BCUT2D eigenvalue weighted by Crippen LogP contribution is 2.26. The summed E-state index contributed by atoms with van der Waals surface area (Å²) in [5, 5.41) is 18.4. The second-order valence-corrected chi connectivity index (χ2v) is 8.65. The number of anilines is 2. The Balaban J connectivity index is 2.17. The summed E-state index contributed by atoms with van der Waals surface area (Å²) in [6, 6.07) is 12.4. The minimum Gasteiger partial charge on any atom is -0.376 e. The van der Waals surface area contributed by atoms with Crippen LogP contribution in [-0.2, 0) is 4.79 Å². The quantitative estimate of drug-likeness (QED) is 0.303. The van der Waals surface area contributed by atoms with Crippen LogP contribution in [0.15, 0.2) is 47.6 Å². The molecule has 172 valence electrons. The molecule has 32 heavy (non-hydrogen) atoms. The number of amides is 1. The Labute approximate surface area is 189 Å². The standard InChI is InChI=1S/C24H33N5O3/c1-17(2)15-28(16-18(3)4)23-11-10-21(29(31)32)12-20(23)13-26-27-24(30)14-25-22-9-7-6-8-19(22)5/h6-13,17-18,25H,14-16H2,1-5H3,(H,27,30)/b26-13+. The SMILES string of the molecule is Cc1ccccc1NCC(=O)N/N=C/c1cc([N+](=O)[O-])ccc1N(CC(C)C)CC(C)C. The number of rotatable bonds is 11. The van der Waals surface area contributed by atoms with E-state index in [4.69, 9.17) is 0 Å². The number of nitro benzene ring substituents is 1. The van der Waals surface area contributed by atoms with Gasteiger partial charge in [-0.25, -0.2) is 5.43 Å². The van der Waals surface area contributed by atoms with Crippen LogP contribution in [0, 0.1) is 28.9 Å². The molecule has 2 aromatic rings. The normalized spacial score (nSPS) is 11.2. The third-order valence-corrected chi connectivity index (χ3v) is 4.71. The van der Waals surface area contributed by atoms with Crippen LogP contribution in [0.4, 0.5) is 17.1 Å². The molecular weight excluding hydrogens is 406 g/mol. The summed E-state index contributed by atoms with van der Waals surface area (Å²) in [5.41, 5.74) is 5.85. The van der Waals surface area contributed by atoms with Crippen LogP contribution in [0.25, 0.3) is 0 Å². The number of hydrazone groups is 1. The molecule has 0 bridgehead atoms. The molecule has 2 aromatic carbocycles. The number of benzene rings is 2. The van der Waals surface area contributed by atoms with Crippen LogP contribution >= 0.6 is 0 Å². The van der Waals surface area contributed by atoms with Gasteiger partial charge in [0.05, 0.1) is 17.7 Å². The van der Waals surface area contributed by atoms with Crippen molar-refractivity contribution < 1.29 is 9.72 Å². The van der Waals surface area contributed by atoms with Crippen LogP contribution in [0.5, 0.6) is 0 Å². The molecule has 0 fully saturated rings. The Morgan fingerprint density at radius 3 is 2.38 bits per heavy atom. The number of carbonyl (C=O) groups excluding carboxylic acids is 1. The van der Waals surface area contributed by atoms with Crippen LogP contribution in [0.2, 0.25) is 0 Å². The summed E-state index contributed by atoms with van der Waals surface area (Å²) in [7, 11) is 0. The van der Waals surface area contributed by atoms with Gasteiger partial charge in [-0.15, -0.1) is 0 Å². The van der Waals surface area contributed by atoms with Crippen molar-refractivity contribution in [2.45, 2.75) is 34.6 Å². The van der Waals surface area contributed by atoms with Gasteiger partial charge >= 0.3 is 0 Å². The van der Waals surface area contributed by atoms with Gasteiger partial charge in [-0.1, -0.05) is 45.9 Å². The zero-order chi connectivity index (χ0) is 23.7. The molecule has 0 saturated carbocycles. The van der Waals surface area contributed by atoms with Crippen molar-refractivity contribution in [3.05, 3.63) is 63.7 Å². The first-order valence-electron chi connectivity index (χ1n) is 10.8. The van der Waals surface area contributed by atoms with E-state index in [0.717, 1.165) is 30.0 Å². The highest BCUT2D eigenvalue weighted by atomic mass is 16.6. The molecule has 0 aliphatic carbocycles. The van der Waals surface area contributed by atoms with Crippen molar-refractivity contribution in [3.8, 4) is 0 Å². The summed E-state index contributed by atoms with van der Waals surface area (Å²) >= 11 is 0. The molecule has 0 atom stereocenters. The number of nitrogens with zero attached hydrogens (tertiary/aromatic N) is 3. The molecule has 0 saturated heterocycles. The van der Waals surface area contributed by atoms with E-state index in [1.165, 1.54) is 18.3 Å². The van der Waals surface area contributed by atoms with Gasteiger partial charge in [0.1, 0.15) is 0 Å². The number of carbonyl (C=O) groups is 1. The highest BCUT2D eigenvalue weighted by molar-refractivity contribution is 5.90. The van der Waals surface area contributed by atoms with Crippen LogP contribution in [-0.4, -0.2) is 36.7 Å². The van der Waals surface area contributed by atoms with E-state index in [1.807, 2.05) is 31.2 Å². The highest BCUT2D eigenvalue weighted by Gasteiger charge is 2.17. The largest absolute Gasteiger partial charge is 0.376 e. The van der Waals surface area contributed by atoms with Crippen molar-refractivity contribution in [3.63, 3.8) is 0 Å². The fourth-order valence-electron chi connectivity index (χ4n) is 3.36. The maximum atomic E-state index is 12.2. The van der Waals surface area contributed by atoms with Crippen LogP contribution < -0.4 is 15.6 Å². The number of aryl methyl sites for hydroxylation is 1. The summed E-state index contributed by atoms with van der Waals surface area (Å²) in [6.07, 6.45) is 1.47. The van der Waals surface area contributed by atoms with Gasteiger partial charge in [-0.05, 0) is 36.5 Å². The number of para-hydroxylation sites is 1. The monoisotopic (exact) mass is 439 g/mol. The van der Waals surface area contributed by atoms with Crippen molar-refractivity contribution in [1.82, 2.24) is 5.43 Å². The lowest BCUT2D eigenvalue weighted by Gasteiger charge is -2.29. The first kappa shape index (κ1) is 24.8. The first-order valence-corrected chi connectivity index (χ1v) is 10.8. The van der Waals surface area contributed by atoms with E-state index >= 15 is 0 Å². The topological polar surface area (TPSA) is 99.9 Å². The predicted octanol–water partition coefficient (Wildman–Crippen LogP) is 4.58. The zero-order valence-corrected chi connectivity index (χ0v) is 19.5. The minimum atomic E-state index is -0.430. The van der Waals surface area contributed by atoms with E-state index in [1.54, 1.807) is 6.07 Å². The predicted molar refractivity (Wildman–Crippen MR) is 130 cm³/mol. The number of hydrogen-bond acceptors (Lipinski definition) is 6. The van der Waals surface area contributed by atoms with Crippen molar-refractivity contribution in [1.29, 1.82) is 0 Å². The lowest BCUT2D eigenvalue weighted by molar-refractivity contribution is -0.384. The van der Waals surface area contributed by atoms with Gasteiger partial charge in [0.15, 0.2) is 0 Å². The molecule has 1 amide bonds. The smallest absolute Gasteiger partial charge is 0.270 e. The van der Waals surface area contributed by atoms with E-state index in [0.29, 0.717) is 17.4 Å². The van der Waals surface area contributed by atoms with Crippen LogP contribution in [0.1, 0.15) is 38.8 Å². The summed E-state index contributed by atoms with van der Waals surface area (Å²) < 4.78 is 0. The summed E-state index contributed by atoms with van der Waals surface area (Å²) in [4.78, 5) is 25.3. The Hall–Kier alpha value is -3.42. The number of nitrogens with one attached hydrogen (secondary N) is 2. The van der Waals surface area contributed by atoms with Gasteiger partial charge < -0.3 is 10.2 Å². The lowest BCUT2D eigenvalue weighted by atomic mass is 10.1. The number of nitro groups is 1. The van der Waals surface area contributed by atoms with Crippen molar-refractivity contribution >= 4 is 29.2 Å². The summed E-state index contributed by atoms with van der Waals surface area (Å²) in [5.74, 6) is 0.527. The average Bonchev–Trinajstić information content (AvgIpc) is 2.72. The Morgan fingerprint density at radius 2 is 1.78 bits per heavy atom. The molecule has 2 N–H and O–H groups in total. The van der Waals surface area contributed by atoms with Gasteiger partial charge in [0, 0.05) is 42.2 Å². The molecule has 0 heterocycles. The van der Waals surface area contributed by atoms with Gasteiger partial charge in [-0.3, -0.25) is 14.9 Å². The molecule has 2 rings (SSSR count). The van der Waals surface area contributed by atoms with Crippen molar-refractivity contribution in [2.24, 2.45) is 16.9 Å². The lowest BCUT2D eigenvalue weighted by Crippen LogP contribution is -2.32. The van der Waals surface area contributed by atoms with Gasteiger partial charge in [0.25, 0.3) is 11.6 Å². The average molecular weight is 440 g/mol. The molecule has 0 aliphatic rings. The first-order chi connectivity index (χ1) is 15.2. The van der Waals surface area contributed by atoms with E-state index in [9.17, 15) is 14.9 Å². The fourth-order valence-corrected chi connectivity index (χ4v) is 3.36. The van der Waals surface area contributed by atoms with Crippen molar-refractivity contribution in [2.75, 3.05) is 29.9 Å². The number of hydrogen-bond donors (Lipinski definition) is 2. The minimum absolute atomic E-state index is 0.0169. The van der Waals surface area contributed by atoms with E-state index < -0.39 is 4.92 Å². The Bertz CT molecular complexity index is 946. The Kier molecular flexibility index (Phi) is 9.19. The molecule has 0 aliphatic heterocycles. The molecule has 8 nitrogen and oxygen atoms in total. The van der Waals surface area contributed by atoms with E-state index in [-0.39, 0.29) is 18.1 Å². The van der Waals surface area contributed by atoms with Gasteiger partial charge in [-0.2, -0.15) is 5.10 Å². The third kappa shape index (κ3) is 7.68. The molecule has 8 heteroatoms. The fraction of sp³-hybridized carbons (Fsp3) is 0.417. The maximum absolute atomic E-state index is 12.2. The number of non-ortho nitro benzene ring substituents is 1. The van der Waals surface area contributed by atoms with Gasteiger partial charge in [0.2, 0.25) is 0 Å². The Morgan fingerprint density at radius 1 is 1.12 bits per heavy atom. The molecule has 0 aromatic heterocycles. The molecule has 0 unspecified atom stereocenters. The zero-order valence-electron chi connectivity index (χ0n) is 19.5. The maximum Gasteiger partial charge on any atom is 0.270 e.